The van der Waals surface area contributed by atoms with Gasteiger partial charge in [-0.05, 0) is 72.3 Å². The lowest BCUT2D eigenvalue weighted by Crippen LogP contribution is -2.16. The number of para-hydroxylation sites is 9. The number of hydrogen-bond donors (Lipinski definition) is 0. The highest BCUT2D eigenvalue weighted by atomic mass is 16.3. The first-order valence-corrected chi connectivity index (χ1v) is 24.7. The Morgan fingerprint density at radius 3 is 0.877 bits per heavy atom. The Morgan fingerprint density at radius 2 is 0.548 bits per heavy atom. The Kier molecular flexibility index (Phi) is 8.14. The normalized spacial score (nSPS) is 12.1. The van der Waals surface area contributed by atoms with Crippen molar-refractivity contribution in [2.45, 2.75) is 0 Å². The third-order valence-electron chi connectivity index (χ3n) is 15.4. The average Bonchev–Trinajstić information content (AvgIpc) is 4.29. The predicted octanol–water partition coefficient (Wildman–Crippen LogP) is 17.5. The molecule has 338 valence electrons. The van der Waals surface area contributed by atoms with Crippen molar-refractivity contribution >= 4 is 109 Å². The minimum absolute atomic E-state index is 0.528. The molecule has 0 N–H and O–H groups in total. The van der Waals surface area contributed by atoms with Gasteiger partial charge in [-0.1, -0.05) is 170 Å². The molecule has 0 amide bonds. The summed E-state index contributed by atoms with van der Waals surface area (Å²) >= 11 is 0. The van der Waals surface area contributed by atoms with Crippen molar-refractivity contribution in [2.24, 2.45) is 0 Å². The molecule has 6 nitrogen and oxygen atoms in total. The largest absolute Gasteiger partial charge is 0.456 e. The molecule has 0 radical (unpaired) electrons. The van der Waals surface area contributed by atoms with Gasteiger partial charge < -0.3 is 22.7 Å². The molecule has 0 aliphatic rings. The van der Waals surface area contributed by atoms with Crippen LogP contribution in [0.2, 0.25) is 0 Å². The SMILES string of the molecule is N#Cc1c(-n2c3ccccc3c3ccccc32)c(-n2c3ccccc3c3ccccc32)c(-c2ccc3c(c2)oc2ccccc23)c(-n2c3ccccc3c3ccccc32)c1-n1c2ccccc2c2ccccc21. The number of furan rings is 1. The average molecular weight is 930 g/mol. The van der Waals surface area contributed by atoms with Crippen molar-refractivity contribution in [1.29, 1.82) is 5.26 Å². The predicted molar refractivity (Wildman–Crippen MR) is 301 cm³/mol. The van der Waals surface area contributed by atoms with Crippen LogP contribution in [0.3, 0.4) is 0 Å². The van der Waals surface area contributed by atoms with Gasteiger partial charge in [-0.25, -0.2) is 0 Å². The lowest BCUT2D eigenvalue weighted by Gasteiger charge is -2.29. The van der Waals surface area contributed by atoms with Gasteiger partial charge in [-0.3, -0.25) is 0 Å². The molecule has 16 rings (SSSR count). The Morgan fingerprint density at radius 1 is 0.274 bits per heavy atom. The summed E-state index contributed by atoms with van der Waals surface area (Å²) in [4.78, 5) is 0. The van der Waals surface area contributed by atoms with Gasteiger partial charge in [0.2, 0.25) is 0 Å². The van der Waals surface area contributed by atoms with E-state index in [0.29, 0.717) is 5.56 Å². The Bertz CT molecular complexity index is 4600. The first-order valence-electron chi connectivity index (χ1n) is 24.7. The highest BCUT2D eigenvalue weighted by Gasteiger charge is 2.35. The van der Waals surface area contributed by atoms with E-state index >= 15 is 0 Å². The third kappa shape index (κ3) is 5.34. The fraction of sp³-hybridized carbons (Fsp3) is 0. The fourth-order valence-corrected chi connectivity index (χ4v) is 12.5. The summed E-state index contributed by atoms with van der Waals surface area (Å²) in [5.41, 5.74) is 15.4. The van der Waals surface area contributed by atoms with Gasteiger partial charge >= 0.3 is 0 Å². The molecule has 0 saturated carbocycles. The van der Waals surface area contributed by atoms with Crippen LogP contribution < -0.4 is 0 Å². The third-order valence-corrected chi connectivity index (χ3v) is 15.4. The quantitative estimate of drug-likeness (QED) is 0.173. The van der Waals surface area contributed by atoms with Crippen LogP contribution in [0.5, 0.6) is 0 Å². The van der Waals surface area contributed by atoms with E-state index in [9.17, 15) is 5.26 Å². The monoisotopic (exact) mass is 929 g/mol. The van der Waals surface area contributed by atoms with E-state index < -0.39 is 0 Å². The van der Waals surface area contributed by atoms with Crippen molar-refractivity contribution in [1.82, 2.24) is 18.3 Å². The molecule has 0 bridgehead atoms. The topological polar surface area (TPSA) is 56.6 Å². The van der Waals surface area contributed by atoms with Gasteiger partial charge in [-0.2, -0.15) is 5.26 Å². The number of fused-ring (bicyclic) bond motifs is 15. The zero-order chi connectivity index (χ0) is 47.9. The van der Waals surface area contributed by atoms with E-state index in [1.54, 1.807) is 0 Å². The lowest BCUT2D eigenvalue weighted by molar-refractivity contribution is 0.669. The Balaban J connectivity index is 1.27. The maximum Gasteiger partial charge on any atom is 0.136 e. The molecule has 0 spiro atoms. The summed E-state index contributed by atoms with van der Waals surface area (Å²) < 4.78 is 16.5. The second kappa shape index (κ2) is 15.0. The summed E-state index contributed by atoms with van der Waals surface area (Å²) in [6.07, 6.45) is 0. The molecular formula is C67H39N5O. The minimum Gasteiger partial charge on any atom is -0.456 e. The molecule has 73 heavy (non-hydrogen) atoms. The second-order valence-corrected chi connectivity index (χ2v) is 19.0. The van der Waals surface area contributed by atoms with E-state index in [4.69, 9.17) is 4.42 Å². The summed E-state index contributed by atoms with van der Waals surface area (Å²) in [7, 11) is 0. The van der Waals surface area contributed by atoms with Gasteiger partial charge in [0, 0.05) is 59.4 Å². The standard InChI is InChI=1S/C67H39N5O/c68-40-52-64(69-53-28-10-1-19-42(53)43-20-2-11-29-54(43)69)66(71-57-32-14-5-23-46(57)47-24-6-15-33-58(47)71)63(41-37-38-51-50-27-9-18-36-61(50)73-62(51)39-41)67(72-59-34-16-7-25-48(59)49-26-8-17-35-60(49)72)65(52)70-55-30-12-3-21-44(55)45-22-4-13-31-56(45)70/h1-39H. The smallest absolute Gasteiger partial charge is 0.136 e. The number of aromatic nitrogens is 4. The van der Waals surface area contributed by atoms with Crippen LogP contribution in [-0.4, -0.2) is 18.3 Å². The van der Waals surface area contributed by atoms with Gasteiger partial charge in [0.15, 0.2) is 0 Å². The van der Waals surface area contributed by atoms with E-state index in [0.717, 1.165) is 143 Å². The molecule has 0 aliphatic carbocycles. The zero-order valence-corrected chi connectivity index (χ0v) is 39.2. The molecule has 11 aromatic carbocycles. The van der Waals surface area contributed by atoms with Crippen molar-refractivity contribution in [3.8, 4) is 39.9 Å². The van der Waals surface area contributed by atoms with Crippen LogP contribution in [0.1, 0.15) is 5.56 Å². The first-order chi connectivity index (χ1) is 36.2. The molecule has 5 heterocycles. The van der Waals surface area contributed by atoms with Crippen LogP contribution in [-0.2, 0) is 0 Å². The van der Waals surface area contributed by atoms with E-state index in [-0.39, 0.29) is 0 Å². The van der Waals surface area contributed by atoms with Gasteiger partial charge in [0.1, 0.15) is 22.8 Å². The maximum atomic E-state index is 12.8. The summed E-state index contributed by atoms with van der Waals surface area (Å²) in [5, 5.41) is 23.7. The van der Waals surface area contributed by atoms with Crippen molar-refractivity contribution in [3.05, 3.63) is 242 Å². The highest BCUT2D eigenvalue weighted by Crippen LogP contribution is 2.52. The van der Waals surface area contributed by atoms with Crippen LogP contribution in [0.4, 0.5) is 0 Å². The maximum absolute atomic E-state index is 12.8. The van der Waals surface area contributed by atoms with E-state index in [1.807, 2.05) is 12.1 Å². The van der Waals surface area contributed by atoms with Crippen molar-refractivity contribution in [3.63, 3.8) is 0 Å². The van der Waals surface area contributed by atoms with Gasteiger partial charge in [-0.15, -0.1) is 0 Å². The Hall–Kier alpha value is -10.1. The number of rotatable bonds is 5. The van der Waals surface area contributed by atoms with Crippen LogP contribution >= 0.6 is 0 Å². The molecule has 5 aromatic heterocycles. The molecule has 0 saturated heterocycles. The van der Waals surface area contributed by atoms with Crippen molar-refractivity contribution in [2.75, 3.05) is 0 Å². The molecule has 0 aliphatic heterocycles. The van der Waals surface area contributed by atoms with Crippen molar-refractivity contribution < 1.29 is 4.42 Å². The number of benzene rings is 11. The second-order valence-electron chi connectivity index (χ2n) is 19.0. The summed E-state index contributed by atoms with van der Waals surface area (Å²) in [5.74, 6) is 0. The number of nitrogens with zero attached hydrogens (tertiary/aromatic N) is 5. The molecule has 0 atom stereocenters. The zero-order valence-electron chi connectivity index (χ0n) is 39.2. The summed E-state index contributed by atoms with van der Waals surface area (Å²) in [6, 6.07) is 87.4. The molecule has 0 fully saturated rings. The molecule has 0 unspecified atom stereocenters. The summed E-state index contributed by atoms with van der Waals surface area (Å²) in [6.45, 7) is 0. The van der Waals surface area contributed by atoms with Crippen LogP contribution in [0.25, 0.3) is 143 Å². The highest BCUT2D eigenvalue weighted by molar-refractivity contribution is 6.18. The van der Waals surface area contributed by atoms with Gasteiger partial charge in [0.25, 0.3) is 0 Å². The van der Waals surface area contributed by atoms with E-state index in [2.05, 4.69) is 249 Å². The first kappa shape index (κ1) is 39.7. The minimum atomic E-state index is 0.528. The van der Waals surface area contributed by atoms with Crippen LogP contribution in [0, 0.1) is 11.3 Å². The number of hydrogen-bond acceptors (Lipinski definition) is 2. The Labute approximate surface area is 417 Å². The lowest BCUT2D eigenvalue weighted by atomic mass is 9.92. The fourth-order valence-electron chi connectivity index (χ4n) is 12.5. The molecule has 6 heteroatoms. The number of nitriles is 1. The molecular weight excluding hydrogens is 891 g/mol. The molecule has 16 aromatic rings. The van der Waals surface area contributed by atoms with E-state index in [1.165, 1.54) is 0 Å². The van der Waals surface area contributed by atoms with Crippen LogP contribution in [0.15, 0.2) is 241 Å². The van der Waals surface area contributed by atoms with Gasteiger partial charge in [0.05, 0.1) is 66.9 Å².